The molecule has 0 bridgehead atoms. The van der Waals surface area contributed by atoms with Crippen LogP contribution in [0.4, 0.5) is 4.79 Å². The van der Waals surface area contributed by atoms with E-state index in [4.69, 9.17) is 4.43 Å². The van der Waals surface area contributed by atoms with Crippen molar-refractivity contribution in [3.8, 4) is 0 Å². The molecule has 1 saturated heterocycles. The van der Waals surface area contributed by atoms with Gasteiger partial charge >= 0.3 is 6.03 Å². The molecular formula is C12H26N2O2Si. The summed E-state index contributed by atoms with van der Waals surface area (Å²) >= 11 is 0. The van der Waals surface area contributed by atoms with Crippen molar-refractivity contribution < 1.29 is 9.22 Å². The Morgan fingerprint density at radius 1 is 1.47 bits per heavy atom. The first-order valence-electron chi connectivity index (χ1n) is 6.59. The molecule has 5 heteroatoms. The topological polar surface area (TPSA) is 41.6 Å². The summed E-state index contributed by atoms with van der Waals surface area (Å²) in [4.78, 5) is 13.4. The number of carbonyl (C=O) groups is 1. The maximum absolute atomic E-state index is 11.5. The fourth-order valence-electron chi connectivity index (χ4n) is 2.39. The molecule has 0 aromatic rings. The number of nitrogens with zero attached hydrogens (tertiary/aromatic N) is 1. The van der Waals surface area contributed by atoms with Gasteiger partial charge in [-0.1, -0.05) is 19.8 Å². The van der Waals surface area contributed by atoms with Gasteiger partial charge in [-0.05, 0) is 25.1 Å². The average Bonchev–Trinajstić information content (AvgIpc) is 2.70. The molecule has 2 amide bonds. The van der Waals surface area contributed by atoms with Gasteiger partial charge in [-0.2, -0.15) is 0 Å². The van der Waals surface area contributed by atoms with Gasteiger partial charge in [-0.15, -0.1) is 0 Å². The van der Waals surface area contributed by atoms with Crippen LogP contribution in [0.1, 0.15) is 26.2 Å². The van der Waals surface area contributed by atoms with Crippen LogP contribution in [-0.4, -0.2) is 46.0 Å². The van der Waals surface area contributed by atoms with E-state index in [1.54, 1.807) is 0 Å². The third kappa shape index (κ3) is 3.99. The Morgan fingerprint density at radius 3 is 2.65 bits per heavy atom. The third-order valence-electron chi connectivity index (χ3n) is 3.84. The Bertz CT molecular complexity index is 259. The fraction of sp³-hybridized carbons (Fsp3) is 0.917. The highest BCUT2D eigenvalue weighted by Gasteiger charge is 2.32. The number of carbonyl (C=O) groups excluding carboxylic acids is 1. The van der Waals surface area contributed by atoms with Crippen molar-refractivity contribution in [3.05, 3.63) is 0 Å². The third-order valence-corrected chi connectivity index (χ3v) is 7.43. The molecule has 1 heterocycles. The molecular weight excluding hydrogens is 232 g/mol. The molecule has 1 aliphatic rings. The van der Waals surface area contributed by atoms with E-state index in [1.807, 2.05) is 12.0 Å². The molecule has 0 spiro atoms. The first kappa shape index (κ1) is 14.5. The lowest BCUT2D eigenvalue weighted by atomic mass is 10.2. The predicted molar refractivity (Wildman–Crippen MR) is 72.7 cm³/mol. The smallest absolute Gasteiger partial charge is 0.317 e. The van der Waals surface area contributed by atoms with E-state index in [0.29, 0.717) is 5.54 Å². The van der Waals surface area contributed by atoms with Gasteiger partial charge in [0.05, 0.1) is 0 Å². The van der Waals surface area contributed by atoms with Crippen molar-refractivity contribution in [2.75, 3.05) is 26.7 Å². The average molecular weight is 258 g/mol. The summed E-state index contributed by atoms with van der Waals surface area (Å²) < 4.78 is 5.71. The molecule has 0 aromatic heterocycles. The van der Waals surface area contributed by atoms with E-state index in [9.17, 15) is 4.79 Å². The summed E-state index contributed by atoms with van der Waals surface area (Å²) in [6, 6.07) is 0.0946. The lowest BCUT2D eigenvalue weighted by Gasteiger charge is -2.31. The Morgan fingerprint density at radius 2 is 2.18 bits per heavy atom. The van der Waals surface area contributed by atoms with Crippen LogP contribution in [0.5, 0.6) is 0 Å². The summed E-state index contributed by atoms with van der Waals surface area (Å²) in [5.41, 5.74) is 0.644. The predicted octanol–water partition coefficient (Wildman–Crippen LogP) is 2.42. The zero-order chi connectivity index (χ0) is 12.9. The van der Waals surface area contributed by atoms with E-state index in [-0.39, 0.29) is 6.03 Å². The van der Waals surface area contributed by atoms with E-state index >= 15 is 0 Å². The molecule has 1 rings (SSSR count). The van der Waals surface area contributed by atoms with Crippen LogP contribution >= 0.6 is 0 Å². The number of hydrogen-bond donors (Lipinski definition) is 1. The number of nitrogens with one attached hydrogen (secondary N) is 1. The molecule has 1 atom stereocenters. The Labute approximate surface area is 106 Å². The molecule has 100 valence electrons. The first-order chi connectivity index (χ1) is 8.01. The van der Waals surface area contributed by atoms with Gasteiger partial charge in [0.1, 0.15) is 0 Å². The van der Waals surface area contributed by atoms with Gasteiger partial charge in [0.15, 0.2) is 8.32 Å². The maximum Gasteiger partial charge on any atom is 0.317 e. The van der Waals surface area contributed by atoms with Gasteiger partial charge in [0, 0.05) is 26.7 Å². The summed E-state index contributed by atoms with van der Waals surface area (Å²) in [6.07, 6.45) is 3.48. The second-order valence-corrected chi connectivity index (χ2v) is 9.73. The van der Waals surface area contributed by atoms with Crippen LogP contribution in [0.15, 0.2) is 0 Å². The highest BCUT2D eigenvalue weighted by molar-refractivity contribution is 6.72. The molecule has 17 heavy (non-hydrogen) atoms. The van der Waals surface area contributed by atoms with Crippen molar-refractivity contribution in [2.45, 2.75) is 44.8 Å². The minimum atomic E-state index is -1.58. The molecule has 0 radical (unpaired) electrons. The lowest BCUT2D eigenvalue weighted by molar-refractivity contribution is 0.215. The number of hydrogen-bond acceptors (Lipinski definition) is 2. The molecule has 1 unspecified atom stereocenters. The summed E-state index contributed by atoms with van der Waals surface area (Å²) in [5, 5.41) is 2.85. The molecule has 0 aliphatic carbocycles. The Hall–Kier alpha value is -0.553. The number of urea groups is 1. The van der Waals surface area contributed by atoms with Crippen molar-refractivity contribution in [1.29, 1.82) is 0 Å². The molecule has 1 fully saturated rings. The van der Waals surface area contributed by atoms with Gasteiger partial charge < -0.3 is 14.6 Å². The highest BCUT2D eigenvalue weighted by Crippen LogP contribution is 2.31. The van der Waals surface area contributed by atoms with Crippen LogP contribution in [0.25, 0.3) is 0 Å². The van der Waals surface area contributed by atoms with E-state index in [1.165, 1.54) is 12.8 Å². The number of amides is 2. The molecule has 1 aliphatic heterocycles. The minimum Gasteiger partial charge on any atom is -0.420 e. The van der Waals surface area contributed by atoms with Crippen LogP contribution < -0.4 is 5.32 Å². The van der Waals surface area contributed by atoms with Crippen molar-refractivity contribution in [1.82, 2.24) is 10.2 Å². The van der Waals surface area contributed by atoms with Gasteiger partial charge in [0.25, 0.3) is 0 Å². The van der Waals surface area contributed by atoms with Gasteiger partial charge in [-0.3, -0.25) is 0 Å². The van der Waals surface area contributed by atoms with Crippen LogP contribution in [0.2, 0.25) is 18.6 Å². The molecule has 0 saturated carbocycles. The monoisotopic (exact) mass is 258 g/mol. The van der Waals surface area contributed by atoms with Crippen molar-refractivity contribution >= 4 is 14.3 Å². The Kier molecular flexibility index (Phi) is 5.46. The second-order valence-electron chi connectivity index (χ2n) is 5.30. The van der Waals surface area contributed by atoms with E-state index < -0.39 is 8.32 Å². The molecule has 0 aromatic carbocycles. The van der Waals surface area contributed by atoms with Crippen LogP contribution in [0, 0.1) is 0 Å². The summed E-state index contributed by atoms with van der Waals surface area (Å²) in [5.74, 6) is 0. The Balaban J connectivity index is 2.46. The van der Waals surface area contributed by atoms with Gasteiger partial charge in [-0.25, -0.2) is 4.79 Å². The summed E-state index contributed by atoms with van der Waals surface area (Å²) in [7, 11) is 0.251. The van der Waals surface area contributed by atoms with Crippen LogP contribution in [-0.2, 0) is 4.43 Å². The van der Waals surface area contributed by atoms with Crippen molar-refractivity contribution in [3.63, 3.8) is 0 Å². The van der Waals surface area contributed by atoms with E-state index in [2.05, 4.69) is 25.3 Å². The number of rotatable bonds is 7. The standard InChI is InChI=1S/C12H26N2O2Si/c1-5-6-11(17(3,4)16-2)7-9-14-10-8-13-12(14)15/h11H,5-10H2,1-4H3,(H,13,15). The zero-order valence-electron chi connectivity index (χ0n) is 11.6. The van der Waals surface area contributed by atoms with Crippen molar-refractivity contribution in [2.24, 2.45) is 0 Å². The van der Waals surface area contributed by atoms with E-state index in [0.717, 1.165) is 26.1 Å². The minimum absolute atomic E-state index is 0.0946. The first-order valence-corrected chi connectivity index (χ1v) is 9.57. The lowest BCUT2D eigenvalue weighted by Crippen LogP contribution is -2.38. The van der Waals surface area contributed by atoms with Crippen LogP contribution in [0.3, 0.4) is 0 Å². The quantitative estimate of drug-likeness (QED) is 0.713. The molecule has 1 N–H and O–H groups in total. The normalized spacial score (nSPS) is 18.4. The summed E-state index contributed by atoms with van der Waals surface area (Å²) in [6.45, 7) is 9.29. The SMILES string of the molecule is CCCC(CCN1CCNC1=O)[Si](C)(C)OC. The largest absolute Gasteiger partial charge is 0.420 e. The maximum atomic E-state index is 11.5. The zero-order valence-corrected chi connectivity index (χ0v) is 12.6. The highest BCUT2D eigenvalue weighted by atomic mass is 28.4. The van der Waals surface area contributed by atoms with Gasteiger partial charge in [0.2, 0.25) is 0 Å². The fourth-order valence-corrected chi connectivity index (χ4v) is 4.53. The second kappa shape index (κ2) is 6.40. The molecule has 4 nitrogen and oxygen atoms in total.